The molecule has 0 aliphatic rings. The molecule has 0 aliphatic heterocycles. The number of thioether (sulfide) groups is 1. The fourth-order valence-corrected chi connectivity index (χ4v) is 3.66. The molecular formula is C16H25ClOSSi. The van der Waals surface area contributed by atoms with E-state index in [1.54, 1.807) is 11.8 Å². The van der Waals surface area contributed by atoms with E-state index in [4.69, 9.17) is 16.0 Å². The summed E-state index contributed by atoms with van der Waals surface area (Å²) in [5, 5.41) is 3.12. The van der Waals surface area contributed by atoms with Crippen molar-refractivity contribution < 1.29 is 4.43 Å². The topological polar surface area (TPSA) is 9.23 Å². The Morgan fingerprint density at radius 2 is 1.75 bits per heavy atom. The fourth-order valence-electron chi connectivity index (χ4n) is 1.42. The number of hydrogen-bond donors (Lipinski definition) is 0. The summed E-state index contributed by atoms with van der Waals surface area (Å²) in [6.07, 6.45) is 2.27. The number of hydrogen-bond acceptors (Lipinski definition) is 2. The van der Waals surface area contributed by atoms with Gasteiger partial charge in [0.2, 0.25) is 0 Å². The van der Waals surface area contributed by atoms with E-state index in [0.29, 0.717) is 0 Å². The molecule has 0 N–H and O–H groups in total. The van der Waals surface area contributed by atoms with E-state index in [9.17, 15) is 0 Å². The zero-order valence-corrected chi connectivity index (χ0v) is 15.8. The summed E-state index contributed by atoms with van der Waals surface area (Å²) in [5.74, 6) is 0. The smallest absolute Gasteiger partial charge is 0.192 e. The molecule has 4 heteroatoms. The van der Waals surface area contributed by atoms with Crippen LogP contribution in [0.1, 0.15) is 27.7 Å². The summed E-state index contributed by atoms with van der Waals surface area (Å²) in [5.41, 5.74) is 0. The Morgan fingerprint density at radius 1 is 1.20 bits per heavy atom. The SMILES string of the molecule is C[C@H](C=CSc1ccc(Cl)cc1)O[Si](C)(C)C(C)(C)C. The van der Waals surface area contributed by atoms with E-state index < -0.39 is 8.32 Å². The van der Waals surface area contributed by atoms with E-state index in [-0.39, 0.29) is 11.1 Å². The molecule has 0 fully saturated rings. The zero-order valence-electron chi connectivity index (χ0n) is 13.2. The van der Waals surface area contributed by atoms with Crippen molar-refractivity contribution in [3.05, 3.63) is 40.8 Å². The van der Waals surface area contributed by atoms with Gasteiger partial charge < -0.3 is 4.43 Å². The Kier molecular flexibility index (Phi) is 6.39. The lowest BCUT2D eigenvalue weighted by atomic mass is 10.2. The van der Waals surface area contributed by atoms with Crippen LogP contribution in [0.5, 0.6) is 0 Å². The van der Waals surface area contributed by atoms with Gasteiger partial charge in [-0.2, -0.15) is 0 Å². The van der Waals surface area contributed by atoms with Crippen molar-refractivity contribution in [1.29, 1.82) is 0 Å². The van der Waals surface area contributed by atoms with Crippen LogP contribution in [-0.4, -0.2) is 14.4 Å². The Labute approximate surface area is 133 Å². The highest BCUT2D eigenvalue weighted by Gasteiger charge is 2.37. The first-order valence-corrected chi connectivity index (χ1v) is 11.0. The van der Waals surface area contributed by atoms with Crippen LogP contribution >= 0.6 is 23.4 Å². The highest BCUT2D eigenvalue weighted by Crippen LogP contribution is 2.37. The molecule has 1 atom stereocenters. The van der Waals surface area contributed by atoms with Gasteiger partial charge in [0.15, 0.2) is 8.32 Å². The molecule has 0 heterocycles. The van der Waals surface area contributed by atoms with Crippen molar-refractivity contribution in [1.82, 2.24) is 0 Å². The van der Waals surface area contributed by atoms with Crippen LogP contribution in [0, 0.1) is 0 Å². The molecule has 1 rings (SSSR count). The average molecular weight is 329 g/mol. The molecule has 20 heavy (non-hydrogen) atoms. The van der Waals surface area contributed by atoms with Gasteiger partial charge in [0.05, 0.1) is 6.10 Å². The predicted molar refractivity (Wildman–Crippen MR) is 94.2 cm³/mol. The van der Waals surface area contributed by atoms with Crippen molar-refractivity contribution >= 4 is 31.7 Å². The molecule has 0 aliphatic carbocycles. The maximum atomic E-state index is 6.28. The molecule has 1 nitrogen and oxygen atoms in total. The van der Waals surface area contributed by atoms with Gasteiger partial charge in [-0.05, 0) is 54.7 Å². The summed E-state index contributed by atoms with van der Waals surface area (Å²) in [7, 11) is -1.68. The summed E-state index contributed by atoms with van der Waals surface area (Å²) in [6, 6.07) is 7.87. The van der Waals surface area contributed by atoms with Crippen LogP contribution in [-0.2, 0) is 4.43 Å². The number of benzene rings is 1. The van der Waals surface area contributed by atoms with Crippen LogP contribution in [0.25, 0.3) is 0 Å². The second-order valence-corrected chi connectivity index (χ2v) is 12.7. The Bertz CT molecular complexity index is 449. The third kappa shape index (κ3) is 5.64. The molecule has 1 aromatic rings. The quantitative estimate of drug-likeness (QED) is 0.459. The van der Waals surface area contributed by atoms with Gasteiger partial charge in [0, 0.05) is 9.92 Å². The first kappa shape index (κ1) is 17.8. The molecule has 0 amide bonds. The van der Waals surface area contributed by atoms with Crippen molar-refractivity contribution in [3.8, 4) is 0 Å². The third-order valence-corrected chi connectivity index (χ3v) is 9.32. The summed E-state index contributed by atoms with van der Waals surface area (Å²) < 4.78 is 6.28. The molecule has 0 aromatic heterocycles. The third-order valence-electron chi connectivity index (χ3n) is 3.65. The van der Waals surface area contributed by atoms with Crippen LogP contribution in [0.4, 0.5) is 0 Å². The summed E-state index contributed by atoms with van der Waals surface area (Å²) in [6.45, 7) is 13.5. The first-order chi connectivity index (χ1) is 9.12. The molecule has 0 radical (unpaired) electrons. The van der Waals surface area contributed by atoms with Crippen LogP contribution in [0.15, 0.2) is 40.6 Å². The normalized spacial score (nSPS) is 14.8. The number of rotatable bonds is 5. The van der Waals surface area contributed by atoms with E-state index in [2.05, 4.69) is 52.3 Å². The molecule has 0 saturated carbocycles. The van der Waals surface area contributed by atoms with Gasteiger partial charge in [-0.1, -0.05) is 50.2 Å². The molecule has 0 saturated heterocycles. The maximum Gasteiger partial charge on any atom is 0.192 e. The minimum absolute atomic E-state index is 0.149. The molecule has 0 unspecified atom stereocenters. The molecule has 1 aromatic carbocycles. The fraction of sp³-hybridized carbons (Fsp3) is 0.500. The van der Waals surface area contributed by atoms with E-state index >= 15 is 0 Å². The van der Waals surface area contributed by atoms with Gasteiger partial charge in [-0.25, -0.2) is 0 Å². The number of halogens is 1. The lowest BCUT2D eigenvalue weighted by molar-refractivity contribution is 0.243. The minimum atomic E-state index is -1.68. The second-order valence-electron chi connectivity index (χ2n) is 6.48. The van der Waals surface area contributed by atoms with Gasteiger partial charge >= 0.3 is 0 Å². The first-order valence-electron chi connectivity index (χ1n) is 6.88. The highest BCUT2D eigenvalue weighted by atomic mass is 35.5. The van der Waals surface area contributed by atoms with Gasteiger partial charge in [-0.3, -0.25) is 0 Å². The van der Waals surface area contributed by atoms with Crippen LogP contribution in [0.3, 0.4) is 0 Å². The molecule has 0 bridgehead atoms. The Morgan fingerprint density at radius 3 is 2.25 bits per heavy atom. The molecule has 0 spiro atoms. The Balaban J connectivity index is 2.52. The summed E-state index contributed by atoms with van der Waals surface area (Å²) in [4.78, 5) is 1.19. The average Bonchev–Trinajstić information content (AvgIpc) is 2.29. The monoisotopic (exact) mass is 328 g/mol. The second kappa shape index (κ2) is 7.17. The minimum Gasteiger partial charge on any atom is -0.411 e. The van der Waals surface area contributed by atoms with Crippen molar-refractivity contribution in [3.63, 3.8) is 0 Å². The maximum absolute atomic E-state index is 6.28. The zero-order chi connectivity index (χ0) is 15.4. The van der Waals surface area contributed by atoms with Crippen molar-refractivity contribution in [2.45, 2.75) is 56.8 Å². The van der Waals surface area contributed by atoms with E-state index in [1.807, 2.05) is 24.3 Å². The van der Waals surface area contributed by atoms with Crippen LogP contribution < -0.4 is 0 Å². The largest absolute Gasteiger partial charge is 0.411 e. The Hall–Kier alpha value is -0.223. The van der Waals surface area contributed by atoms with Crippen LogP contribution in [0.2, 0.25) is 23.2 Å². The predicted octanol–water partition coefficient (Wildman–Crippen LogP) is 6.36. The van der Waals surface area contributed by atoms with E-state index in [1.165, 1.54) is 4.90 Å². The van der Waals surface area contributed by atoms with Gasteiger partial charge in [0.1, 0.15) is 0 Å². The summed E-state index contributed by atoms with van der Waals surface area (Å²) >= 11 is 7.56. The van der Waals surface area contributed by atoms with Gasteiger partial charge in [-0.15, -0.1) is 0 Å². The lowest BCUT2D eigenvalue weighted by Crippen LogP contribution is -2.42. The highest BCUT2D eigenvalue weighted by molar-refractivity contribution is 8.02. The van der Waals surface area contributed by atoms with Gasteiger partial charge in [0.25, 0.3) is 0 Å². The van der Waals surface area contributed by atoms with Crippen molar-refractivity contribution in [2.75, 3.05) is 0 Å². The molecule has 112 valence electrons. The lowest BCUT2D eigenvalue weighted by Gasteiger charge is -2.37. The molecular weight excluding hydrogens is 304 g/mol. The van der Waals surface area contributed by atoms with E-state index in [0.717, 1.165) is 5.02 Å². The standard InChI is InChI=1S/C16H25ClOSSi/c1-13(18-20(5,6)16(2,3)4)11-12-19-15-9-7-14(17)8-10-15/h7-13H,1-6H3/t13-/m1/s1. The van der Waals surface area contributed by atoms with Crippen molar-refractivity contribution in [2.24, 2.45) is 0 Å².